The van der Waals surface area contributed by atoms with E-state index < -0.39 is 0 Å². The van der Waals surface area contributed by atoms with Crippen LogP contribution in [0.15, 0.2) is 47.5 Å². The van der Waals surface area contributed by atoms with Crippen LogP contribution in [0.5, 0.6) is 5.88 Å². The molecule has 134 valence electrons. The van der Waals surface area contributed by atoms with Crippen molar-refractivity contribution in [1.82, 2.24) is 9.88 Å². The Kier molecular flexibility index (Phi) is 4.30. The number of hydrogen-bond donors (Lipinski definition) is 0. The first-order valence-corrected chi connectivity index (χ1v) is 8.66. The number of ether oxygens (including phenoxy) is 1. The van der Waals surface area contributed by atoms with Crippen LogP contribution in [0.1, 0.15) is 5.56 Å². The fourth-order valence-electron chi connectivity index (χ4n) is 3.10. The molecular weight excluding hydrogens is 330 g/mol. The third-order valence-electron chi connectivity index (χ3n) is 4.39. The van der Waals surface area contributed by atoms with Crippen molar-refractivity contribution in [3.63, 3.8) is 0 Å². The van der Waals surface area contributed by atoms with Gasteiger partial charge >= 0.3 is 0 Å². The average molecular weight is 351 g/mol. The highest BCUT2D eigenvalue weighted by molar-refractivity contribution is 6.51. The van der Waals surface area contributed by atoms with Gasteiger partial charge in [-0.3, -0.25) is 9.89 Å². The van der Waals surface area contributed by atoms with Crippen LogP contribution in [0.25, 0.3) is 0 Å². The highest BCUT2D eigenvalue weighted by atomic mass is 16.5. The second kappa shape index (κ2) is 6.76. The summed E-state index contributed by atoms with van der Waals surface area (Å²) in [5.41, 5.74) is 1.94. The molecule has 2 aliphatic rings. The quantitative estimate of drug-likeness (QED) is 0.608. The Balaban J connectivity index is 1.73. The molecule has 0 radical (unpaired) electrons. The fourth-order valence-corrected chi connectivity index (χ4v) is 3.10. The van der Waals surface area contributed by atoms with E-state index >= 15 is 0 Å². The Labute approximate surface area is 152 Å². The molecule has 0 amide bonds. The summed E-state index contributed by atoms with van der Waals surface area (Å²) in [5, 5.41) is 13.1. The monoisotopic (exact) mass is 351 g/mol. The number of benzene rings is 1. The molecule has 26 heavy (non-hydrogen) atoms. The molecule has 0 fully saturated rings. The largest absolute Gasteiger partial charge is 0.618 e. The molecule has 7 heteroatoms. The predicted octanol–water partition coefficient (Wildman–Crippen LogP) is 1.89. The Morgan fingerprint density at radius 1 is 1.19 bits per heavy atom. The number of aromatic nitrogens is 1. The van der Waals surface area contributed by atoms with Crippen LogP contribution in [0.4, 0.5) is 11.5 Å². The molecule has 0 atom stereocenters. The minimum atomic E-state index is 0.518. The van der Waals surface area contributed by atoms with Crippen LogP contribution in [-0.2, 0) is 0 Å². The summed E-state index contributed by atoms with van der Waals surface area (Å²) < 4.78 is 6.66. The van der Waals surface area contributed by atoms with Gasteiger partial charge in [0.2, 0.25) is 17.5 Å². The van der Waals surface area contributed by atoms with Crippen molar-refractivity contribution in [3.05, 3.63) is 53.2 Å². The number of aliphatic imine (C=N–C) groups is 1. The number of pyridine rings is 1. The van der Waals surface area contributed by atoms with Gasteiger partial charge in [0, 0.05) is 25.2 Å². The lowest BCUT2D eigenvalue weighted by Crippen LogP contribution is -2.41. The van der Waals surface area contributed by atoms with E-state index in [1.165, 1.54) is 0 Å². The van der Waals surface area contributed by atoms with Crippen LogP contribution >= 0.6 is 0 Å². The maximum atomic E-state index is 13.1. The molecule has 4 rings (SSSR count). The van der Waals surface area contributed by atoms with Gasteiger partial charge < -0.3 is 14.8 Å². The molecule has 0 aliphatic carbocycles. The van der Waals surface area contributed by atoms with Crippen molar-refractivity contribution in [3.8, 4) is 5.88 Å². The molecule has 2 aliphatic heterocycles. The van der Waals surface area contributed by atoms with Gasteiger partial charge in [-0.1, -0.05) is 18.2 Å². The van der Waals surface area contributed by atoms with Crippen molar-refractivity contribution in [2.45, 2.75) is 0 Å². The van der Waals surface area contributed by atoms with Gasteiger partial charge in [0.1, 0.15) is 6.61 Å². The summed E-state index contributed by atoms with van der Waals surface area (Å²) in [4.78, 5) is 13.2. The summed E-state index contributed by atoms with van der Waals surface area (Å²) in [5.74, 6) is 1.81. The number of fused-ring (bicyclic) bond motifs is 3. The standard InChI is InChI=1S/C19H21N5O2/c1-22(2)12-13-26-16-9-8-15-18(21-16)23-11-10-20-19(23)17(24(15)25)14-6-4-3-5-7-14/h3-9H,10-13H2,1-2H3. The minimum absolute atomic E-state index is 0.518. The van der Waals surface area contributed by atoms with Gasteiger partial charge in [-0.15, -0.1) is 0 Å². The first-order valence-electron chi connectivity index (χ1n) is 8.66. The van der Waals surface area contributed by atoms with Crippen molar-refractivity contribution < 1.29 is 9.48 Å². The molecular formula is C19H21N5O2. The number of anilines is 1. The zero-order valence-electron chi connectivity index (χ0n) is 14.9. The molecule has 1 aromatic heterocycles. The predicted molar refractivity (Wildman–Crippen MR) is 102 cm³/mol. The Morgan fingerprint density at radius 2 is 2.00 bits per heavy atom. The van der Waals surface area contributed by atoms with Crippen molar-refractivity contribution >= 4 is 23.1 Å². The van der Waals surface area contributed by atoms with Crippen molar-refractivity contribution in [1.29, 1.82) is 0 Å². The van der Waals surface area contributed by atoms with Gasteiger partial charge in [0.05, 0.1) is 12.1 Å². The molecule has 0 spiro atoms. The van der Waals surface area contributed by atoms with E-state index in [9.17, 15) is 5.21 Å². The number of rotatable bonds is 5. The lowest BCUT2D eigenvalue weighted by molar-refractivity contribution is -0.358. The van der Waals surface area contributed by atoms with Crippen LogP contribution in [0, 0.1) is 5.21 Å². The summed E-state index contributed by atoms with van der Waals surface area (Å²) in [7, 11) is 3.99. The number of amidine groups is 1. The highest BCUT2D eigenvalue weighted by Gasteiger charge is 2.39. The molecule has 1 aromatic carbocycles. The summed E-state index contributed by atoms with van der Waals surface area (Å²) >= 11 is 0. The number of likely N-dealkylation sites (N-methyl/N-ethyl adjacent to an activating group) is 1. The number of nitrogens with zero attached hydrogens (tertiary/aromatic N) is 5. The number of hydrogen-bond acceptors (Lipinski definition) is 6. The maximum Gasteiger partial charge on any atom is 0.267 e. The van der Waals surface area contributed by atoms with E-state index in [1.54, 1.807) is 12.1 Å². The zero-order valence-corrected chi connectivity index (χ0v) is 14.9. The summed E-state index contributed by atoms with van der Waals surface area (Å²) in [6.45, 7) is 2.70. The van der Waals surface area contributed by atoms with Crippen LogP contribution < -0.4 is 9.64 Å². The highest BCUT2D eigenvalue weighted by Crippen LogP contribution is 2.34. The van der Waals surface area contributed by atoms with Gasteiger partial charge in [-0.2, -0.15) is 9.72 Å². The molecule has 0 unspecified atom stereocenters. The van der Waals surface area contributed by atoms with Gasteiger partial charge in [-0.25, -0.2) is 0 Å². The van der Waals surface area contributed by atoms with Gasteiger partial charge in [0.15, 0.2) is 0 Å². The molecule has 3 heterocycles. The second-order valence-corrected chi connectivity index (χ2v) is 6.51. The van der Waals surface area contributed by atoms with E-state index in [1.807, 2.05) is 54.2 Å². The lowest BCUT2D eigenvalue weighted by Gasteiger charge is -2.26. The Morgan fingerprint density at radius 3 is 2.77 bits per heavy atom. The van der Waals surface area contributed by atoms with E-state index in [2.05, 4.69) is 9.98 Å². The van der Waals surface area contributed by atoms with Crippen molar-refractivity contribution in [2.24, 2.45) is 4.99 Å². The van der Waals surface area contributed by atoms with E-state index in [0.29, 0.717) is 48.6 Å². The van der Waals surface area contributed by atoms with Gasteiger partial charge in [0.25, 0.3) is 11.4 Å². The smallest absolute Gasteiger partial charge is 0.267 e. The average Bonchev–Trinajstić information content (AvgIpc) is 3.12. The topological polar surface area (TPSA) is 67.0 Å². The van der Waals surface area contributed by atoms with Crippen LogP contribution in [-0.4, -0.2) is 66.5 Å². The molecule has 0 bridgehead atoms. The first kappa shape index (κ1) is 16.5. The van der Waals surface area contributed by atoms with Gasteiger partial charge in [-0.05, 0) is 26.2 Å². The van der Waals surface area contributed by atoms with E-state index in [4.69, 9.17) is 4.74 Å². The molecule has 0 N–H and O–H groups in total. The molecule has 0 saturated carbocycles. The van der Waals surface area contributed by atoms with Crippen molar-refractivity contribution in [2.75, 3.05) is 45.2 Å². The van der Waals surface area contributed by atoms with Crippen LogP contribution in [0.3, 0.4) is 0 Å². The minimum Gasteiger partial charge on any atom is -0.618 e. The molecule has 0 saturated heterocycles. The van der Waals surface area contributed by atoms with E-state index in [-0.39, 0.29) is 0 Å². The Hall–Kier alpha value is -2.93. The second-order valence-electron chi connectivity index (χ2n) is 6.51. The SMILES string of the molecule is CN(C)CCOc1ccc2c(n1)N1CCN=C1C(c1ccccc1)=[N+]2[O-]. The normalized spacial score (nSPS) is 15.8. The summed E-state index contributed by atoms with van der Waals surface area (Å²) in [6, 6.07) is 13.2. The van der Waals surface area contributed by atoms with E-state index in [0.717, 1.165) is 16.8 Å². The zero-order chi connectivity index (χ0) is 18.1. The van der Waals surface area contributed by atoms with Crippen LogP contribution in [0.2, 0.25) is 0 Å². The maximum absolute atomic E-state index is 13.1. The molecule has 7 nitrogen and oxygen atoms in total. The summed E-state index contributed by atoms with van der Waals surface area (Å²) in [6.07, 6.45) is 0. The Bertz CT molecular complexity index is 877. The first-order chi connectivity index (χ1) is 12.6. The lowest BCUT2D eigenvalue weighted by atomic mass is 10.1. The fraction of sp³-hybridized carbons (Fsp3) is 0.316. The molecule has 2 aromatic rings. The third kappa shape index (κ3) is 2.90. The third-order valence-corrected chi connectivity index (χ3v) is 4.39.